The number of H-pyrrole nitrogens is 1. The summed E-state index contributed by atoms with van der Waals surface area (Å²) in [7, 11) is 1.69. The Hall–Kier alpha value is -1.86. The van der Waals surface area contributed by atoms with E-state index < -0.39 is 0 Å². The van der Waals surface area contributed by atoms with Crippen LogP contribution in [0.3, 0.4) is 0 Å². The molecule has 0 unspecified atom stereocenters. The molecule has 29 heavy (non-hydrogen) atoms. The summed E-state index contributed by atoms with van der Waals surface area (Å²) in [6.45, 7) is 3.40. The summed E-state index contributed by atoms with van der Waals surface area (Å²) in [5.74, 6) is 0. The molecule has 0 spiro atoms. The summed E-state index contributed by atoms with van der Waals surface area (Å²) < 4.78 is 17.4. The van der Waals surface area contributed by atoms with Gasteiger partial charge in [-0.25, -0.2) is 0 Å². The lowest BCUT2D eigenvalue weighted by Crippen LogP contribution is -2.28. The molecule has 1 aromatic heterocycles. The molecule has 0 atom stereocenters. The van der Waals surface area contributed by atoms with Crippen LogP contribution in [0.15, 0.2) is 46.9 Å². The molecule has 1 fully saturated rings. The number of ether oxygens (including phenoxy) is 3. The van der Waals surface area contributed by atoms with E-state index in [0.717, 1.165) is 53.0 Å². The van der Waals surface area contributed by atoms with Gasteiger partial charge >= 0.3 is 0 Å². The average molecular weight is 459 g/mol. The fourth-order valence-electron chi connectivity index (χ4n) is 3.68. The standard InChI is InChI=1S/C23H27BrN2O3/c1-27-10-11-29-15-16-12-18-14-21(17-2-4-19(24)5-3-17)26-23(18)22(13-16)25-20-6-8-28-9-7-20/h2-5,12-14,20,25-26H,6-11,15H2,1H3. The van der Waals surface area contributed by atoms with Crippen molar-refractivity contribution in [2.24, 2.45) is 0 Å². The Bertz CT molecular complexity index is 933. The summed E-state index contributed by atoms with van der Waals surface area (Å²) in [4.78, 5) is 3.62. The van der Waals surface area contributed by atoms with E-state index in [1.54, 1.807) is 7.11 Å². The van der Waals surface area contributed by atoms with E-state index in [1.165, 1.54) is 10.9 Å². The largest absolute Gasteiger partial charge is 0.382 e. The SMILES string of the molecule is COCCOCc1cc(NC2CCOCC2)c2[nH]c(-c3ccc(Br)cc3)cc2c1. The Balaban J connectivity index is 1.65. The summed E-state index contributed by atoms with van der Waals surface area (Å²) in [6.07, 6.45) is 2.05. The van der Waals surface area contributed by atoms with Crippen LogP contribution in [-0.4, -0.2) is 44.6 Å². The van der Waals surface area contributed by atoms with Gasteiger partial charge in [-0.1, -0.05) is 28.1 Å². The number of methoxy groups -OCH3 is 1. The number of hydrogen-bond donors (Lipinski definition) is 2. The first-order valence-corrected chi connectivity index (χ1v) is 10.8. The second-order valence-electron chi connectivity index (χ2n) is 7.37. The lowest BCUT2D eigenvalue weighted by molar-refractivity contribution is 0.0617. The molecule has 0 bridgehead atoms. The van der Waals surface area contributed by atoms with E-state index in [9.17, 15) is 0 Å². The molecule has 6 heteroatoms. The third-order valence-electron chi connectivity index (χ3n) is 5.22. The maximum atomic E-state index is 5.77. The monoisotopic (exact) mass is 458 g/mol. The van der Waals surface area contributed by atoms with E-state index in [-0.39, 0.29) is 0 Å². The predicted molar refractivity (Wildman–Crippen MR) is 120 cm³/mol. The lowest BCUT2D eigenvalue weighted by atomic mass is 10.1. The Morgan fingerprint density at radius 3 is 2.66 bits per heavy atom. The highest BCUT2D eigenvalue weighted by Gasteiger charge is 2.16. The molecule has 2 aromatic carbocycles. The van der Waals surface area contributed by atoms with Crippen LogP contribution in [0.25, 0.3) is 22.2 Å². The van der Waals surface area contributed by atoms with Crippen LogP contribution in [0.1, 0.15) is 18.4 Å². The zero-order valence-electron chi connectivity index (χ0n) is 16.7. The van der Waals surface area contributed by atoms with E-state index in [2.05, 4.69) is 68.7 Å². The van der Waals surface area contributed by atoms with Crippen LogP contribution < -0.4 is 5.32 Å². The molecule has 4 rings (SSSR count). The molecule has 3 aromatic rings. The first-order valence-electron chi connectivity index (χ1n) is 10.1. The normalized spacial score (nSPS) is 15.1. The van der Waals surface area contributed by atoms with Crippen molar-refractivity contribution in [3.8, 4) is 11.3 Å². The molecule has 2 heterocycles. The number of anilines is 1. The summed E-state index contributed by atoms with van der Waals surface area (Å²) in [5.41, 5.74) is 5.70. The van der Waals surface area contributed by atoms with Crippen LogP contribution in [-0.2, 0) is 20.8 Å². The zero-order valence-corrected chi connectivity index (χ0v) is 18.3. The Morgan fingerprint density at radius 2 is 1.90 bits per heavy atom. The summed E-state index contributed by atoms with van der Waals surface area (Å²) >= 11 is 3.51. The number of aromatic amines is 1. The first-order chi connectivity index (χ1) is 14.2. The molecule has 154 valence electrons. The predicted octanol–water partition coefficient (Wildman–Crippen LogP) is 5.35. The minimum absolute atomic E-state index is 0.427. The molecule has 1 aliphatic rings. The molecule has 0 aliphatic carbocycles. The zero-order chi connectivity index (χ0) is 20.1. The van der Waals surface area contributed by atoms with Crippen LogP contribution in [0.5, 0.6) is 0 Å². The van der Waals surface area contributed by atoms with Crippen LogP contribution in [0, 0.1) is 0 Å². The van der Waals surface area contributed by atoms with E-state index >= 15 is 0 Å². The molecular weight excluding hydrogens is 432 g/mol. The van der Waals surface area contributed by atoms with Crippen molar-refractivity contribution in [1.82, 2.24) is 4.98 Å². The fraction of sp³-hybridized carbons (Fsp3) is 0.391. The van der Waals surface area contributed by atoms with Crippen LogP contribution in [0.4, 0.5) is 5.69 Å². The molecule has 0 amide bonds. The Labute approximate surface area is 179 Å². The van der Waals surface area contributed by atoms with Gasteiger partial charge in [-0.15, -0.1) is 0 Å². The highest BCUT2D eigenvalue weighted by molar-refractivity contribution is 9.10. The maximum Gasteiger partial charge on any atom is 0.0719 e. The van der Waals surface area contributed by atoms with E-state index in [4.69, 9.17) is 14.2 Å². The minimum Gasteiger partial charge on any atom is -0.382 e. The smallest absolute Gasteiger partial charge is 0.0719 e. The quantitative estimate of drug-likeness (QED) is 0.446. The Morgan fingerprint density at radius 1 is 1.10 bits per heavy atom. The topological polar surface area (TPSA) is 55.5 Å². The van der Waals surface area contributed by atoms with Gasteiger partial charge in [-0.3, -0.25) is 0 Å². The molecule has 1 aliphatic heterocycles. The van der Waals surface area contributed by atoms with E-state index in [0.29, 0.717) is 25.9 Å². The van der Waals surface area contributed by atoms with Crippen molar-refractivity contribution < 1.29 is 14.2 Å². The average Bonchev–Trinajstić information content (AvgIpc) is 3.17. The van der Waals surface area contributed by atoms with Crippen LogP contribution >= 0.6 is 15.9 Å². The third-order valence-corrected chi connectivity index (χ3v) is 5.75. The van der Waals surface area contributed by atoms with Crippen LogP contribution in [0.2, 0.25) is 0 Å². The lowest BCUT2D eigenvalue weighted by Gasteiger charge is -2.24. The number of fused-ring (bicyclic) bond motifs is 1. The van der Waals surface area contributed by atoms with Crippen molar-refractivity contribution in [1.29, 1.82) is 0 Å². The number of nitrogens with one attached hydrogen (secondary N) is 2. The van der Waals surface area contributed by atoms with Crippen molar-refractivity contribution in [2.45, 2.75) is 25.5 Å². The second-order valence-corrected chi connectivity index (χ2v) is 8.29. The number of hydrogen-bond acceptors (Lipinski definition) is 4. The summed E-state index contributed by atoms with van der Waals surface area (Å²) in [6, 6.07) is 15.4. The van der Waals surface area contributed by atoms with Gasteiger partial charge in [0.15, 0.2) is 0 Å². The van der Waals surface area contributed by atoms with Crippen molar-refractivity contribution >= 4 is 32.5 Å². The first kappa shape index (κ1) is 20.4. The molecular formula is C23H27BrN2O3. The van der Waals surface area contributed by atoms with Gasteiger partial charge in [0.2, 0.25) is 0 Å². The molecule has 1 saturated heterocycles. The summed E-state index contributed by atoms with van der Waals surface area (Å²) in [5, 5.41) is 4.93. The van der Waals surface area contributed by atoms with Crippen molar-refractivity contribution in [2.75, 3.05) is 38.9 Å². The van der Waals surface area contributed by atoms with Gasteiger partial charge < -0.3 is 24.5 Å². The van der Waals surface area contributed by atoms with Gasteiger partial charge in [0.05, 0.1) is 31.0 Å². The maximum absolute atomic E-state index is 5.77. The molecule has 0 radical (unpaired) electrons. The number of aromatic nitrogens is 1. The number of benzene rings is 2. The highest BCUT2D eigenvalue weighted by Crippen LogP contribution is 2.32. The van der Waals surface area contributed by atoms with Gasteiger partial charge in [-0.2, -0.15) is 0 Å². The van der Waals surface area contributed by atoms with Gasteiger partial charge in [-0.05, 0) is 54.3 Å². The molecule has 5 nitrogen and oxygen atoms in total. The van der Waals surface area contributed by atoms with Gasteiger partial charge in [0.25, 0.3) is 0 Å². The highest BCUT2D eigenvalue weighted by atomic mass is 79.9. The molecule has 0 saturated carbocycles. The number of halogens is 1. The molecule has 2 N–H and O–H groups in total. The fourth-order valence-corrected chi connectivity index (χ4v) is 3.95. The number of rotatable bonds is 8. The van der Waals surface area contributed by atoms with Crippen molar-refractivity contribution in [3.05, 3.63) is 52.5 Å². The van der Waals surface area contributed by atoms with Crippen molar-refractivity contribution in [3.63, 3.8) is 0 Å². The Kier molecular flexibility index (Phi) is 6.87. The van der Waals surface area contributed by atoms with Gasteiger partial charge in [0, 0.05) is 41.9 Å². The van der Waals surface area contributed by atoms with E-state index in [1.807, 2.05) is 0 Å². The van der Waals surface area contributed by atoms with Gasteiger partial charge in [0.1, 0.15) is 0 Å². The minimum atomic E-state index is 0.427. The second kappa shape index (κ2) is 9.76. The third kappa shape index (κ3) is 5.20.